The van der Waals surface area contributed by atoms with Crippen molar-refractivity contribution in [3.8, 4) is 11.6 Å². The Balaban J connectivity index is 1.84. The molecule has 0 atom stereocenters. The number of alkyl halides is 3. The van der Waals surface area contributed by atoms with Gasteiger partial charge in [0.05, 0.1) is 12.4 Å². The van der Waals surface area contributed by atoms with Gasteiger partial charge < -0.3 is 10.1 Å². The van der Waals surface area contributed by atoms with Gasteiger partial charge in [0.25, 0.3) is 0 Å². The second-order valence-electron chi connectivity index (χ2n) is 4.88. The molecule has 0 aliphatic carbocycles. The quantitative estimate of drug-likeness (QED) is 0.941. The SMILES string of the molecule is FC(F)(F)c1ncc(Oc2ncccc2C2=CCNCC2)cn1. The van der Waals surface area contributed by atoms with E-state index in [1.807, 2.05) is 12.1 Å². The Morgan fingerprint density at radius 3 is 2.57 bits per heavy atom. The molecule has 1 aliphatic heterocycles. The van der Waals surface area contributed by atoms with Crippen LogP contribution < -0.4 is 10.1 Å². The van der Waals surface area contributed by atoms with Crippen LogP contribution in [-0.4, -0.2) is 28.0 Å². The molecule has 120 valence electrons. The van der Waals surface area contributed by atoms with Crippen LogP contribution in [0.5, 0.6) is 11.6 Å². The van der Waals surface area contributed by atoms with Gasteiger partial charge in [-0.05, 0) is 30.7 Å². The number of hydrogen-bond donors (Lipinski definition) is 1. The maximum Gasteiger partial charge on any atom is 0.451 e. The average Bonchev–Trinajstić information content (AvgIpc) is 2.56. The first kappa shape index (κ1) is 15.4. The number of halogens is 3. The molecular formula is C15H13F3N4O. The van der Waals surface area contributed by atoms with Crippen molar-refractivity contribution in [2.24, 2.45) is 0 Å². The smallest absolute Gasteiger partial charge is 0.435 e. The lowest BCUT2D eigenvalue weighted by Gasteiger charge is -2.16. The highest BCUT2D eigenvalue weighted by atomic mass is 19.4. The summed E-state index contributed by atoms with van der Waals surface area (Å²) in [6, 6.07) is 3.65. The Morgan fingerprint density at radius 2 is 1.91 bits per heavy atom. The third kappa shape index (κ3) is 3.65. The molecule has 2 aromatic heterocycles. The van der Waals surface area contributed by atoms with E-state index in [1.54, 1.807) is 12.3 Å². The molecule has 3 rings (SSSR count). The summed E-state index contributed by atoms with van der Waals surface area (Å²) < 4.78 is 43.0. The Labute approximate surface area is 130 Å². The minimum atomic E-state index is -4.57. The first-order valence-electron chi connectivity index (χ1n) is 6.96. The predicted octanol–water partition coefficient (Wildman–Crippen LogP) is 3.06. The maximum absolute atomic E-state index is 12.5. The number of pyridine rings is 1. The molecule has 0 saturated carbocycles. The zero-order valence-electron chi connectivity index (χ0n) is 12.0. The number of nitrogens with zero attached hydrogens (tertiary/aromatic N) is 3. The van der Waals surface area contributed by atoms with E-state index in [9.17, 15) is 13.2 Å². The third-order valence-corrected chi connectivity index (χ3v) is 3.28. The van der Waals surface area contributed by atoms with Crippen LogP contribution in [0.15, 0.2) is 36.8 Å². The lowest BCUT2D eigenvalue weighted by Crippen LogP contribution is -2.20. The highest BCUT2D eigenvalue weighted by Gasteiger charge is 2.34. The van der Waals surface area contributed by atoms with Crippen LogP contribution in [0.25, 0.3) is 5.57 Å². The number of hydrogen-bond acceptors (Lipinski definition) is 5. The Kier molecular flexibility index (Phi) is 4.24. The minimum Gasteiger partial charge on any atom is -0.435 e. The maximum atomic E-state index is 12.5. The van der Waals surface area contributed by atoms with E-state index in [1.165, 1.54) is 0 Å². The molecule has 0 aromatic carbocycles. The van der Waals surface area contributed by atoms with Gasteiger partial charge in [-0.25, -0.2) is 15.0 Å². The summed E-state index contributed by atoms with van der Waals surface area (Å²) in [6.45, 7) is 1.61. The van der Waals surface area contributed by atoms with Crippen LogP contribution in [0.2, 0.25) is 0 Å². The topological polar surface area (TPSA) is 59.9 Å². The van der Waals surface area contributed by atoms with E-state index < -0.39 is 12.0 Å². The fourth-order valence-corrected chi connectivity index (χ4v) is 2.21. The Hall–Kier alpha value is -2.48. The third-order valence-electron chi connectivity index (χ3n) is 3.28. The lowest BCUT2D eigenvalue weighted by molar-refractivity contribution is -0.145. The van der Waals surface area contributed by atoms with E-state index in [2.05, 4.69) is 20.3 Å². The van der Waals surface area contributed by atoms with E-state index in [4.69, 9.17) is 4.74 Å². The van der Waals surface area contributed by atoms with Gasteiger partial charge in [-0.3, -0.25) is 0 Å². The Morgan fingerprint density at radius 1 is 1.13 bits per heavy atom. The average molecular weight is 322 g/mol. The summed E-state index contributed by atoms with van der Waals surface area (Å²) in [5.74, 6) is -0.774. The van der Waals surface area contributed by atoms with Crippen molar-refractivity contribution in [2.75, 3.05) is 13.1 Å². The summed E-state index contributed by atoms with van der Waals surface area (Å²) in [4.78, 5) is 10.7. The first-order valence-corrected chi connectivity index (χ1v) is 6.96. The highest BCUT2D eigenvalue weighted by molar-refractivity contribution is 5.70. The van der Waals surface area contributed by atoms with Gasteiger partial charge in [-0.2, -0.15) is 13.2 Å². The molecule has 0 unspecified atom stereocenters. The van der Waals surface area contributed by atoms with Gasteiger partial charge in [-0.1, -0.05) is 6.08 Å². The molecule has 5 nitrogen and oxygen atoms in total. The summed E-state index contributed by atoms with van der Waals surface area (Å²) in [7, 11) is 0. The van der Waals surface area contributed by atoms with E-state index in [-0.39, 0.29) is 5.75 Å². The molecule has 0 radical (unpaired) electrons. The molecule has 0 amide bonds. The number of ether oxygens (including phenoxy) is 1. The fourth-order valence-electron chi connectivity index (χ4n) is 2.21. The van der Waals surface area contributed by atoms with Gasteiger partial charge in [0.2, 0.25) is 11.7 Å². The standard InChI is InChI=1S/C15H13F3N4O/c16-15(17,18)14-21-8-11(9-22-14)23-13-12(2-1-5-20-13)10-3-6-19-7-4-10/h1-3,5,8-9,19H,4,6-7H2. The highest BCUT2D eigenvalue weighted by Crippen LogP contribution is 2.31. The number of rotatable bonds is 3. The minimum absolute atomic E-state index is 0.104. The molecular weight excluding hydrogens is 309 g/mol. The largest absolute Gasteiger partial charge is 0.451 e. The van der Waals surface area contributed by atoms with Crippen molar-refractivity contribution >= 4 is 5.57 Å². The van der Waals surface area contributed by atoms with Crippen LogP contribution in [0, 0.1) is 0 Å². The van der Waals surface area contributed by atoms with Gasteiger partial charge in [0.15, 0.2) is 5.75 Å². The summed E-state index contributed by atoms with van der Waals surface area (Å²) >= 11 is 0. The molecule has 23 heavy (non-hydrogen) atoms. The van der Waals surface area contributed by atoms with Gasteiger partial charge >= 0.3 is 6.18 Å². The number of aromatic nitrogens is 3. The molecule has 1 N–H and O–H groups in total. The van der Waals surface area contributed by atoms with Crippen LogP contribution in [0.3, 0.4) is 0 Å². The second kappa shape index (κ2) is 6.33. The number of nitrogens with one attached hydrogen (secondary N) is 1. The van der Waals surface area contributed by atoms with Crippen LogP contribution in [0.1, 0.15) is 17.8 Å². The van der Waals surface area contributed by atoms with Crippen molar-refractivity contribution in [1.82, 2.24) is 20.3 Å². The van der Waals surface area contributed by atoms with Crippen LogP contribution >= 0.6 is 0 Å². The lowest BCUT2D eigenvalue weighted by atomic mass is 10.0. The van der Waals surface area contributed by atoms with Crippen molar-refractivity contribution in [1.29, 1.82) is 0 Å². The second-order valence-corrected chi connectivity index (χ2v) is 4.88. The molecule has 0 spiro atoms. The molecule has 0 fully saturated rings. The zero-order chi connectivity index (χ0) is 16.3. The van der Waals surface area contributed by atoms with E-state index in [0.717, 1.165) is 43.0 Å². The molecule has 2 aromatic rings. The molecule has 0 saturated heterocycles. The van der Waals surface area contributed by atoms with E-state index in [0.29, 0.717) is 5.88 Å². The molecule has 1 aliphatic rings. The molecule has 8 heteroatoms. The van der Waals surface area contributed by atoms with Crippen LogP contribution in [-0.2, 0) is 6.18 Å². The van der Waals surface area contributed by atoms with Gasteiger partial charge in [0, 0.05) is 18.3 Å². The van der Waals surface area contributed by atoms with Crippen LogP contribution in [0.4, 0.5) is 13.2 Å². The Bertz CT molecular complexity index is 713. The van der Waals surface area contributed by atoms with Crippen molar-refractivity contribution in [3.05, 3.63) is 48.2 Å². The monoisotopic (exact) mass is 322 g/mol. The zero-order valence-corrected chi connectivity index (χ0v) is 12.0. The van der Waals surface area contributed by atoms with Gasteiger partial charge in [0.1, 0.15) is 0 Å². The van der Waals surface area contributed by atoms with Gasteiger partial charge in [-0.15, -0.1) is 0 Å². The van der Waals surface area contributed by atoms with E-state index >= 15 is 0 Å². The van der Waals surface area contributed by atoms with Crippen molar-refractivity contribution in [3.63, 3.8) is 0 Å². The normalized spacial score (nSPS) is 15.2. The summed E-state index contributed by atoms with van der Waals surface area (Å²) in [6.07, 6.45) is 1.83. The fraction of sp³-hybridized carbons (Fsp3) is 0.267. The summed E-state index contributed by atoms with van der Waals surface area (Å²) in [5, 5.41) is 3.21. The first-order chi connectivity index (χ1) is 11.0. The summed E-state index contributed by atoms with van der Waals surface area (Å²) in [5.41, 5.74) is 1.90. The van der Waals surface area contributed by atoms with Crippen molar-refractivity contribution in [2.45, 2.75) is 12.6 Å². The van der Waals surface area contributed by atoms with Crippen molar-refractivity contribution < 1.29 is 17.9 Å². The predicted molar refractivity (Wildman–Crippen MR) is 76.8 cm³/mol. The molecule has 0 bridgehead atoms. The molecule has 3 heterocycles.